The highest BCUT2D eigenvalue weighted by atomic mass is 79.9. The molecule has 0 aliphatic heterocycles. The molecule has 0 radical (unpaired) electrons. The van der Waals surface area contributed by atoms with Gasteiger partial charge in [-0.3, -0.25) is 4.79 Å². The fourth-order valence-corrected chi connectivity index (χ4v) is 4.25. The first kappa shape index (κ1) is 22.6. The molecule has 3 aromatic rings. The minimum Gasteiger partial charge on any atom is -0.363 e. The van der Waals surface area contributed by atoms with Gasteiger partial charge in [-0.25, -0.2) is 31.9 Å². The molecule has 170 valence electrons. The van der Waals surface area contributed by atoms with E-state index in [-0.39, 0.29) is 45.4 Å². The van der Waals surface area contributed by atoms with Crippen LogP contribution >= 0.6 is 15.9 Å². The van der Waals surface area contributed by atoms with Gasteiger partial charge < -0.3 is 9.88 Å². The second-order valence-corrected chi connectivity index (χ2v) is 8.61. The minimum absolute atomic E-state index is 0.00834. The molecule has 0 saturated heterocycles. The molecule has 5 nitrogen and oxygen atoms in total. The van der Waals surface area contributed by atoms with Crippen LogP contribution < -0.4 is 10.9 Å². The Bertz CT molecular complexity index is 1260. The Balaban J connectivity index is 1.84. The third-order valence-electron chi connectivity index (χ3n) is 5.69. The van der Waals surface area contributed by atoms with E-state index < -0.39 is 41.4 Å². The third kappa shape index (κ3) is 3.66. The summed E-state index contributed by atoms with van der Waals surface area (Å²) in [7, 11) is 0. The first-order chi connectivity index (χ1) is 15.1. The third-order valence-corrected chi connectivity index (χ3v) is 6.41. The highest BCUT2D eigenvalue weighted by Gasteiger charge is 2.53. The van der Waals surface area contributed by atoms with Crippen LogP contribution in [-0.4, -0.2) is 21.0 Å². The van der Waals surface area contributed by atoms with Gasteiger partial charge in [-0.05, 0) is 42.6 Å². The standard InChI is InChI=1S/C21H18BrF5N4O/c1-9(11-4-3-5-12(15(11)23)17(24)25)28-18-13-8-31(21(6-7-21)20(26)27)19(32)14(22)16(13)29-10(2)30-18/h3-5,8-9,17,20H,6-7H2,1-2H3,(H,28,29,30)/t9-/m1/s1. The Morgan fingerprint density at radius 2 is 1.81 bits per heavy atom. The topological polar surface area (TPSA) is 59.8 Å². The number of alkyl halides is 4. The molecular formula is C21H18BrF5N4O. The van der Waals surface area contributed by atoms with E-state index >= 15 is 0 Å². The summed E-state index contributed by atoms with van der Waals surface area (Å²) >= 11 is 3.18. The fourth-order valence-electron chi connectivity index (χ4n) is 3.75. The molecule has 0 spiro atoms. The first-order valence-corrected chi connectivity index (χ1v) is 10.6. The number of hydrogen-bond donors (Lipinski definition) is 1. The monoisotopic (exact) mass is 516 g/mol. The molecule has 2 heterocycles. The molecule has 1 aromatic carbocycles. The van der Waals surface area contributed by atoms with E-state index in [4.69, 9.17) is 0 Å². The summed E-state index contributed by atoms with van der Waals surface area (Å²) in [4.78, 5) is 21.3. The smallest absolute Gasteiger partial charge is 0.267 e. The summed E-state index contributed by atoms with van der Waals surface area (Å²) in [5.74, 6) is -0.589. The van der Waals surface area contributed by atoms with E-state index in [1.54, 1.807) is 13.8 Å². The second-order valence-electron chi connectivity index (χ2n) is 7.82. The van der Waals surface area contributed by atoms with Crippen LogP contribution in [0.3, 0.4) is 0 Å². The molecule has 32 heavy (non-hydrogen) atoms. The Morgan fingerprint density at radius 1 is 1.16 bits per heavy atom. The van der Waals surface area contributed by atoms with Gasteiger partial charge in [0.25, 0.3) is 18.4 Å². The minimum atomic E-state index is -2.97. The van der Waals surface area contributed by atoms with E-state index in [0.717, 1.165) is 10.6 Å². The molecule has 1 N–H and O–H groups in total. The molecule has 0 amide bonds. The average molecular weight is 517 g/mol. The number of hydrogen-bond acceptors (Lipinski definition) is 4. The summed E-state index contributed by atoms with van der Waals surface area (Å²) in [5, 5.41) is 3.23. The molecule has 1 aliphatic rings. The Morgan fingerprint density at radius 3 is 2.41 bits per heavy atom. The normalized spacial score (nSPS) is 16.1. The lowest BCUT2D eigenvalue weighted by Gasteiger charge is -2.22. The van der Waals surface area contributed by atoms with Crippen molar-refractivity contribution in [2.45, 2.75) is 51.1 Å². The lowest BCUT2D eigenvalue weighted by Crippen LogP contribution is -2.35. The number of nitrogens with one attached hydrogen (secondary N) is 1. The quantitative estimate of drug-likeness (QED) is 0.416. The predicted octanol–water partition coefficient (Wildman–Crippen LogP) is 5.87. The number of anilines is 1. The molecule has 1 atom stereocenters. The van der Waals surface area contributed by atoms with Gasteiger partial charge in [0.15, 0.2) is 0 Å². The number of pyridine rings is 1. The summed E-state index contributed by atoms with van der Waals surface area (Å²) < 4.78 is 69.2. The summed E-state index contributed by atoms with van der Waals surface area (Å²) in [6.07, 6.45) is -4.13. The summed E-state index contributed by atoms with van der Waals surface area (Å²) in [6.45, 7) is 3.14. The van der Waals surface area contributed by atoms with Crippen molar-refractivity contribution in [3.05, 3.63) is 62.0 Å². The summed E-state index contributed by atoms with van der Waals surface area (Å²) in [5.41, 5.74) is -2.74. The van der Waals surface area contributed by atoms with Gasteiger partial charge in [-0.1, -0.05) is 18.2 Å². The number of aryl methyl sites for hydroxylation is 1. The number of nitrogens with zero attached hydrogens (tertiary/aromatic N) is 3. The van der Waals surface area contributed by atoms with Crippen molar-refractivity contribution in [1.82, 2.24) is 14.5 Å². The van der Waals surface area contributed by atoms with Crippen molar-refractivity contribution >= 4 is 32.7 Å². The average Bonchev–Trinajstić information content (AvgIpc) is 3.53. The molecule has 4 rings (SSSR count). The molecule has 1 aliphatic carbocycles. The predicted molar refractivity (Wildman–Crippen MR) is 113 cm³/mol. The molecule has 1 fully saturated rings. The zero-order valence-electron chi connectivity index (χ0n) is 17.0. The van der Waals surface area contributed by atoms with Crippen LogP contribution in [0.1, 0.15) is 49.2 Å². The van der Waals surface area contributed by atoms with E-state index in [9.17, 15) is 26.7 Å². The zero-order valence-corrected chi connectivity index (χ0v) is 18.6. The van der Waals surface area contributed by atoms with Crippen LogP contribution in [0.2, 0.25) is 0 Å². The molecule has 2 aromatic heterocycles. The highest BCUT2D eigenvalue weighted by Crippen LogP contribution is 2.48. The summed E-state index contributed by atoms with van der Waals surface area (Å²) in [6, 6.07) is 2.91. The van der Waals surface area contributed by atoms with E-state index in [2.05, 4.69) is 31.2 Å². The van der Waals surface area contributed by atoms with Crippen molar-refractivity contribution < 1.29 is 22.0 Å². The maximum absolute atomic E-state index is 14.6. The largest absolute Gasteiger partial charge is 0.363 e. The van der Waals surface area contributed by atoms with Crippen LogP contribution in [0.15, 0.2) is 33.7 Å². The lowest BCUT2D eigenvalue weighted by molar-refractivity contribution is 0.0653. The van der Waals surface area contributed by atoms with Crippen LogP contribution in [0, 0.1) is 12.7 Å². The number of halogens is 6. The second kappa shape index (κ2) is 8.09. The Labute approximate surface area is 187 Å². The van der Waals surface area contributed by atoms with Gasteiger partial charge in [0.2, 0.25) is 0 Å². The maximum atomic E-state index is 14.6. The van der Waals surface area contributed by atoms with Crippen LogP contribution in [0.5, 0.6) is 0 Å². The Kier molecular flexibility index (Phi) is 5.72. The molecular weight excluding hydrogens is 499 g/mol. The first-order valence-electron chi connectivity index (χ1n) is 9.78. The number of benzene rings is 1. The van der Waals surface area contributed by atoms with Gasteiger partial charge in [-0.2, -0.15) is 0 Å². The van der Waals surface area contributed by atoms with E-state index in [0.29, 0.717) is 0 Å². The van der Waals surface area contributed by atoms with Crippen LogP contribution in [-0.2, 0) is 5.54 Å². The lowest BCUT2D eigenvalue weighted by atomic mass is 10.0. The van der Waals surface area contributed by atoms with Gasteiger partial charge in [0, 0.05) is 11.8 Å². The van der Waals surface area contributed by atoms with Gasteiger partial charge in [0.05, 0.1) is 22.5 Å². The highest BCUT2D eigenvalue weighted by molar-refractivity contribution is 9.10. The number of fused-ring (bicyclic) bond motifs is 1. The van der Waals surface area contributed by atoms with Crippen molar-refractivity contribution in [2.24, 2.45) is 0 Å². The van der Waals surface area contributed by atoms with Crippen molar-refractivity contribution in [1.29, 1.82) is 0 Å². The van der Waals surface area contributed by atoms with E-state index in [1.807, 2.05) is 0 Å². The SMILES string of the molecule is Cc1nc(N[C@H](C)c2cccc(C(F)F)c2F)c2cn(C3(C(F)F)CC3)c(=O)c(Br)c2n1. The van der Waals surface area contributed by atoms with Crippen LogP contribution in [0.4, 0.5) is 27.8 Å². The van der Waals surface area contributed by atoms with E-state index in [1.165, 1.54) is 18.3 Å². The zero-order chi connectivity index (χ0) is 23.4. The van der Waals surface area contributed by atoms with Crippen LogP contribution in [0.25, 0.3) is 10.9 Å². The van der Waals surface area contributed by atoms with Crippen molar-refractivity contribution in [3.63, 3.8) is 0 Å². The molecule has 1 saturated carbocycles. The number of rotatable bonds is 6. The molecule has 11 heteroatoms. The number of aromatic nitrogens is 3. The molecule has 0 bridgehead atoms. The van der Waals surface area contributed by atoms with Crippen molar-refractivity contribution in [2.75, 3.05) is 5.32 Å². The van der Waals surface area contributed by atoms with Crippen molar-refractivity contribution in [3.8, 4) is 0 Å². The Hall–Kier alpha value is -2.56. The van der Waals surface area contributed by atoms with Gasteiger partial charge in [0.1, 0.15) is 27.5 Å². The van der Waals surface area contributed by atoms with Gasteiger partial charge >= 0.3 is 0 Å². The maximum Gasteiger partial charge on any atom is 0.267 e. The molecule has 0 unspecified atom stereocenters. The van der Waals surface area contributed by atoms with Gasteiger partial charge in [-0.15, -0.1) is 0 Å². The fraction of sp³-hybridized carbons (Fsp3) is 0.381.